The fourth-order valence-electron chi connectivity index (χ4n) is 3.50. The van der Waals surface area contributed by atoms with Gasteiger partial charge in [0.2, 0.25) is 5.95 Å². The van der Waals surface area contributed by atoms with Crippen LogP contribution in [0, 0.1) is 5.92 Å². The number of nitrogens with one attached hydrogen (secondary N) is 2. The van der Waals surface area contributed by atoms with E-state index < -0.39 is 13.9 Å². The van der Waals surface area contributed by atoms with E-state index in [1.165, 1.54) is 0 Å². The van der Waals surface area contributed by atoms with E-state index >= 15 is 0 Å². The zero-order valence-electron chi connectivity index (χ0n) is 16.0. The van der Waals surface area contributed by atoms with Crippen LogP contribution in [-0.4, -0.2) is 56.3 Å². The molecular formula is C16H25N6O5P. The molecular weight excluding hydrogens is 387 g/mol. The molecule has 0 spiro atoms. The Morgan fingerprint density at radius 2 is 2.18 bits per heavy atom. The Morgan fingerprint density at radius 3 is 2.96 bits per heavy atom. The van der Waals surface area contributed by atoms with Crippen molar-refractivity contribution in [2.24, 2.45) is 5.92 Å². The molecule has 2 bridgehead atoms. The summed E-state index contributed by atoms with van der Waals surface area (Å²) >= 11 is 0. The van der Waals surface area contributed by atoms with Crippen LogP contribution in [-0.2, 0) is 18.3 Å². The number of rotatable bonds is 6. The first-order valence-corrected chi connectivity index (χ1v) is 10.9. The summed E-state index contributed by atoms with van der Waals surface area (Å²) in [7, 11) is -4.09. The van der Waals surface area contributed by atoms with Crippen molar-refractivity contribution in [2.75, 3.05) is 30.3 Å². The lowest BCUT2D eigenvalue weighted by Crippen LogP contribution is -2.17. The van der Waals surface area contributed by atoms with Gasteiger partial charge in [-0.25, -0.2) is 9.55 Å². The number of phosphoric ester groups is 1. The fraction of sp³-hybridized carbons (Fsp3) is 0.688. The van der Waals surface area contributed by atoms with Gasteiger partial charge in [0, 0.05) is 19.0 Å². The number of nitrogens with zero attached hydrogens (tertiary/aromatic N) is 4. The average Bonchev–Trinajstić information content (AvgIpc) is 3.12. The summed E-state index contributed by atoms with van der Waals surface area (Å²) in [6.45, 7) is 6.84. The smallest absolute Gasteiger partial charge is 0.366 e. The highest BCUT2D eigenvalue weighted by Gasteiger charge is 2.36. The van der Waals surface area contributed by atoms with E-state index in [0.29, 0.717) is 29.4 Å². The van der Waals surface area contributed by atoms with Gasteiger partial charge in [0.05, 0.1) is 25.1 Å². The van der Waals surface area contributed by atoms with Crippen molar-refractivity contribution < 1.29 is 23.2 Å². The minimum absolute atomic E-state index is 0.0252. The molecule has 0 amide bonds. The topological polar surface area (TPSA) is 133 Å². The minimum Gasteiger partial charge on any atom is -0.366 e. The summed E-state index contributed by atoms with van der Waals surface area (Å²) in [6, 6.07) is 0. The Kier molecular flexibility index (Phi) is 5.28. The van der Waals surface area contributed by atoms with Gasteiger partial charge in [0.1, 0.15) is 6.23 Å². The molecule has 4 rings (SSSR count). The maximum Gasteiger partial charge on any atom is 0.472 e. The zero-order valence-corrected chi connectivity index (χ0v) is 16.9. The second kappa shape index (κ2) is 7.57. The SMILES string of the molecule is CC(C)OP(=O)(O)OCC1CC(C)C(n2cnc3c4nc(nc32)NCCN4)O1. The van der Waals surface area contributed by atoms with Crippen molar-refractivity contribution in [3.05, 3.63) is 6.33 Å². The van der Waals surface area contributed by atoms with Crippen LogP contribution in [0.5, 0.6) is 0 Å². The normalized spacial score (nSPS) is 26.7. The first-order valence-electron chi connectivity index (χ1n) is 9.36. The summed E-state index contributed by atoms with van der Waals surface area (Å²) in [5.74, 6) is 1.39. The Labute approximate surface area is 162 Å². The van der Waals surface area contributed by atoms with Crippen LogP contribution >= 0.6 is 7.82 Å². The molecule has 4 heterocycles. The molecule has 0 aromatic carbocycles. The third kappa shape index (κ3) is 3.99. The highest BCUT2D eigenvalue weighted by molar-refractivity contribution is 7.47. The van der Waals surface area contributed by atoms with Gasteiger partial charge in [-0.1, -0.05) is 6.92 Å². The van der Waals surface area contributed by atoms with Gasteiger partial charge in [-0.15, -0.1) is 0 Å². The molecule has 1 saturated heterocycles. The molecule has 2 aromatic rings. The van der Waals surface area contributed by atoms with Gasteiger partial charge >= 0.3 is 7.82 Å². The lowest BCUT2D eigenvalue weighted by atomic mass is 10.1. The van der Waals surface area contributed by atoms with E-state index in [-0.39, 0.29) is 24.9 Å². The first kappa shape index (κ1) is 19.5. The fourth-order valence-corrected chi connectivity index (χ4v) is 4.45. The lowest BCUT2D eigenvalue weighted by molar-refractivity contribution is -0.0315. The van der Waals surface area contributed by atoms with Crippen LogP contribution in [0.2, 0.25) is 0 Å². The summed E-state index contributed by atoms with van der Waals surface area (Å²) in [6.07, 6.45) is 1.32. The maximum atomic E-state index is 11.9. The van der Waals surface area contributed by atoms with Gasteiger partial charge in [-0.3, -0.25) is 13.6 Å². The van der Waals surface area contributed by atoms with E-state index in [4.69, 9.17) is 13.8 Å². The second-order valence-electron chi connectivity index (χ2n) is 7.35. The Bertz CT molecular complexity index is 905. The first-order chi connectivity index (χ1) is 13.3. The van der Waals surface area contributed by atoms with Gasteiger partial charge in [-0.2, -0.15) is 9.97 Å². The van der Waals surface area contributed by atoms with Gasteiger partial charge in [-0.05, 0) is 20.3 Å². The molecule has 0 saturated carbocycles. The number of phosphoric acid groups is 1. The van der Waals surface area contributed by atoms with E-state index in [1.54, 1.807) is 20.2 Å². The van der Waals surface area contributed by atoms with Crippen molar-refractivity contribution in [1.82, 2.24) is 19.5 Å². The third-order valence-electron chi connectivity index (χ3n) is 4.62. The monoisotopic (exact) mass is 412 g/mol. The van der Waals surface area contributed by atoms with Crippen LogP contribution in [0.3, 0.4) is 0 Å². The van der Waals surface area contributed by atoms with Gasteiger partial charge in [0.25, 0.3) is 0 Å². The molecule has 154 valence electrons. The number of imidazole rings is 1. The van der Waals surface area contributed by atoms with Crippen LogP contribution in [0.4, 0.5) is 11.8 Å². The quantitative estimate of drug-likeness (QED) is 0.606. The molecule has 2 aliphatic rings. The molecule has 4 atom stereocenters. The summed E-state index contributed by atoms with van der Waals surface area (Å²) in [4.78, 5) is 23.2. The molecule has 0 aliphatic carbocycles. The van der Waals surface area contributed by atoms with E-state index in [2.05, 4.69) is 32.5 Å². The van der Waals surface area contributed by atoms with E-state index in [1.807, 2.05) is 4.57 Å². The van der Waals surface area contributed by atoms with Crippen LogP contribution in [0.25, 0.3) is 11.2 Å². The molecule has 12 heteroatoms. The van der Waals surface area contributed by atoms with Crippen molar-refractivity contribution in [3.63, 3.8) is 0 Å². The predicted octanol–water partition coefficient (Wildman–Crippen LogP) is 2.13. The number of ether oxygens (including phenoxy) is 1. The highest BCUT2D eigenvalue weighted by Crippen LogP contribution is 2.46. The standard InChI is InChI=1S/C16H25N6O5P/c1-9(2)27-28(23,24)25-7-11-6-10(3)15(26-11)22-8-19-12-13-17-4-5-18-16(20-13)21-14(12)22/h8-11,15H,4-7H2,1-3H3,(H,23,24)(H2,17,18,20,21). The average molecular weight is 412 g/mol. The van der Waals surface area contributed by atoms with Crippen molar-refractivity contribution in [2.45, 2.75) is 45.6 Å². The van der Waals surface area contributed by atoms with Gasteiger partial charge < -0.3 is 20.3 Å². The predicted molar refractivity (Wildman–Crippen MR) is 102 cm³/mol. The molecule has 2 aliphatic heterocycles. The van der Waals surface area contributed by atoms with Crippen molar-refractivity contribution in [1.29, 1.82) is 0 Å². The number of hydrogen-bond donors (Lipinski definition) is 3. The summed E-state index contributed by atoms with van der Waals surface area (Å²) < 4.78 is 29.9. The largest absolute Gasteiger partial charge is 0.472 e. The number of fused-ring (bicyclic) bond motifs is 4. The van der Waals surface area contributed by atoms with Crippen molar-refractivity contribution >= 4 is 30.8 Å². The van der Waals surface area contributed by atoms with E-state index in [9.17, 15) is 9.46 Å². The Morgan fingerprint density at radius 1 is 1.39 bits per heavy atom. The molecule has 0 radical (unpaired) electrons. The third-order valence-corrected chi connectivity index (χ3v) is 5.78. The number of aromatic nitrogens is 4. The molecule has 11 nitrogen and oxygen atoms in total. The molecule has 3 N–H and O–H groups in total. The maximum absolute atomic E-state index is 11.9. The van der Waals surface area contributed by atoms with Crippen LogP contribution < -0.4 is 10.6 Å². The summed E-state index contributed by atoms with van der Waals surface area (Å²) in [5, 5.41) is 6.40. The zero-order chi connectivity index (χ0) is 19.9. The molecule has 1 fully saturated rings. The molecule has 2 aromatic heterocycles. The Hall–Kier alpha value is -1.78. The second-order valence-corrected chi connectivity index (χ2v) is 8.76. The lowest BCUT2D eigenvalue weighted by Gasteiger charge is -2.19. The van der Waals surface area contributed by atoms with Gasteiger partial charge in [0.15, 0.2) is 17.0 Å². The highest BCUT2D eigenvalue weighted by atomic mass is 31.2. The number of hydrogen-bond acceptors (Lipinski definition) is 9. The summed E-state index contributed by atoms with van der Waals surface area (Å²) in [5.41, 5.74) is 1.37. The van der Waals surface area contributed by atoms with E-state index in [0.717, 1.165) is 13.1 Å². The van der Waals surface area contributed by atoms with Crippen molar-refractivity contribution in [3.8, 4) is 0 Å². The molecule has 4 unspecified atom stereocenters. The van der Waals surface area contributed by atoms with Crippen LogP contribution in [0.15, 0.2) is 6.33 Å². The number of anilines is 2. The van der Waals surface area contributed by atoms with Crippen LogP contribution in [0.1, 0.15) is 33.4 Å². The molecule has 28 heavy (non-hydrogen) atoms. The minimum atomic E-state index is -4.09. The Balaban J connectivity index is 1.50.